The molecule has 1 saturated heterocycles. The number of anilines is 4. The van der Waals surface area contributed by atoms with Gasteiger partial charge in [-0.3, -0.25) is 4.79 Å². The van der Waals surface area contributed by atoms with Crippen LogP contribution in [0.1, 0.15) is 0 Å². The molecule has 3 aromatic heterocycles. The van der Waals surface area contributed by atoms with Crippen LogP contribution in [0.2, 0.25) is 5.02 Å². The van der Waals surface area contributed by atoms with Gasteiger partial charge in [0.25, 0.3) is 0 Å². The fraction of sp³-hybridized carbons (Fsp3) is 0.214. The normalized spacial score (nSPS) is 14.1. The number of rotatable bonds is 8. The number of carbonyl (C=O) groups excluding carboxylic acids is 1. The minimum atomic E-state index is -0.264. The lowest BCUT2D eigenvalue weighted by molar-refractivity contribution is -0.111. The van der Waals surface area contributed by atoms with Crippen molar-refractivity contribution in [1.82, 2.24) is 24.5 Å². The molecular weight excluding hydrogens is 516 g/mol. The summed E-state index contributed by atoms with van der Waals surface area (Å²) in [7, 11) is 3.70. The summed E-state index contributed by atoms with van der Waals surface area (Å²) in [5, 5.41) is 11.0. The van der Waals surface area contributed by atoms with E-state index in [2.05, 4.69) is 44.1 Å². The average Bonchev–Trinajstić information content (AvgIpc) is 3.38. The maximum absolute atomic E-state index is 12.6. The average molecular weight is 545 g/mol. The number of methoxy groups -OCH3 is 1. The van der Waals surface area contributed by atoms with Gasteiger partial charge in [0, 0.05) is 50.1 Å². The van der Waals surface area contributed by atoms with Crippen molar-refractivity contribution in [3.05, 3.63) is 78.8 Å². The summed E-state index contributed by atoms with van der Waals surface area (Å²) in [4.78, 5) is 26.2. The van der Waals surface area contributed by atoms with Gasteiger partial charge in [0.2, 0.25) is 11.9 Å². The molecular formula is C28H29ClN8O2. The molecule has 0 radical (unpaired) electrons. The molecule has 0 aliphatic carbocycles. The lowest BCUT2D eigenvalue weighted by atomic mass is 10.1. The lowest BCUT2D eigenvalue weighted by Gasteiger charge is -2.35. The highest BCUT2D eigenvalue weighted by molar-refractivity contribution is 6.33. The zero-order chi connectivity index (χ0) is 27.4. The first-order chi connectivity index (χ1) is 19.0. The van der Waals surface area contributed by atoms with Crippen LogP contribution in [-0.2, 0) is 4.79 Å². The summed E-state index contributed by atoms with van der Waals surface area (Å²) < 4.78 is 7.51. The maximum atomic E-state index is 12.6. The molecule has 0 bridgehead atoms. The second-order valence-corrected chi connectivity index (χ2v) is 9.46. The van der Waals surface area contributed by atoms with Crippen LogP contribution < -0.4 is 20.3 Å². The van der Waals surface area contributed by atoms with Gasteiger partial charge in [0.1, 0.15) is 5.75 Å². The molecule has 39 heavy (non-hydrogen) atoms. The van der Waals surface area contributed by atoms with Gasteiger partial charge in [-0.15, -0.1) is 0 Å². The molecule has 4 aromatic rings. The van der Waals surface area contributed by atoms with E-state index in [9.17, 15) is 4.79 Å². The van der Waals surface area contributed by atoms with Crippen LogP contribution in [-0.4, -0.2) is 70.7 Å². The van der Waals surface area contributed by atoms with Crippen molar-refractivity contribution < 1.29 is 9.53 Å². The van der Waals surface area contributed by atoms with E-state index in [0.29, 0.717) is 33.8 Å². The number of ether oxygens (including phenoxy) is 1. The van der Waals surface area contributed by atoms with Crippen LogP contribution in [0.25, 0.3) is 16.8 Å². The second-order valence-electron chi connectivity index (χ2n) is 9.05. The number of pyridine rings is 1. The SMILES string of the molecule is C=C/C=C/C(=O)Nc1cc(Nc2ncc(Cl)c(-c3cnn4ccccc34)n2)c(OC)cc1N1CCN(C)CC1. The van der Waals surface area contributed by atoms with Crippen LogP contribution in [0.15, 0.2) is 73.7 Å². The van der Waals surface area contributed by atoms with Gasteiger partial charge in [0.05, 0.1) is 52.8 Å². The smallest absolute Gasteiger partial charge is 0.248 e. The van der Waals surface area contributed by atoms with Crippen LogP contribution in [0.5, 0.6) is 5.75 Å². The van der Waals surface area contributed by atoms with Crippen LogP contribution >= 0.6 is 11.6 Å². The Morgan fingerprint density at radius 1 is 1.15 bits per heavy atom. The Kier molecular flexibility index (Phi) is 7.76. The van der Waals surface area contributed by atoms with Gasteiger partial charge in [-0.05, 0) is 25.2 Å². The van der Waals surface area contributed by atoms with Crippen molar-refractivity contribution in [2.24, 2.45) is 0 Å². The van der Waals surface area contributed by atoms with Crippen LogP contribution in [0.4, 0.5) is 23.0 Å². The Morgan fingerprint density at radius 3 is 2.74 bits per heavy atom. The number of benzene rings is 1. The van der Waals surface area contributed by atoms with E-state index in [-0.39, 0.29) is 5.91 Å². The van der Waals surface area contributed by atoms with Crippen molar-refractivity contribution in [3.8, 4) is 17.0 Å². The number of halogens is 1. The third kappa shape index (κ3) is 5.71. The number of carbonyl (C=O) groups is 1. The van der Waals surface area contributed by atoms with Gasteiger partial charge in [-0.1, -0.05) is 36.4 Å². The molecule has 2 N–H and O–H groups in total. The number of hydrogen-bond acceptors (Lipinski definition) is 8. The standard InChI is InChI=1S/C28H29ClN8O2/c1-4-5-9-26(38)32-21-15-22(25(39-3)16-24(21)36-13-11-35(2)12-14-36)33-28-30-18-20(29)27(34-28)19-17-31-37-10-7-6-8-23(19)37/h4-10,15-18H,1,11-14H2,2-3H3,(H,32,38)(H,30,33,34)/b9-5+. The van der Waals surface area contributed by atoms with E-state index in [1.165, 1.54) is 6.08 Å². The number of amides is 1. The lowest BCUT2D eigenvalue weighted by Crippen LogP contribution is -2.44. The highest BCUT2D eigenvalue weighted by atomic mass is 35.5. The largest absolute Gasteiger partial charge is 0.494 e. The Bertz CT molecular complexity index is 1540. The first-order valence-corrected chi connectivity index (χ1v) is 12.8. The number of hydrogen-bond donors (Lipinski definition) is 2. The molecule has 1 aliphatic rings. The number of fused-ring (bicyclic) bond motifs is 1. The highest BCUT2D eigenvalue weighted by Crippen LogP contribution is 2.39. The molecule has 0 saturated carbocycles. The van der Waals surface area contributed by atoms with Gasteiger partial charge >= 0.3 is 0 Å². The third-order valence-corrected chi connectivity index (χ3v) is 6.75. The molecule has 1 aromatic carbocycles. The summed E-state index contributed by atoms with van der Waals surface area (Å²) in [6.07, 6.45) is 9.72. The molecule has 5 rings (SSSR count). The van der Waals surface area contributed by atoms with E-state index in [1.807, 2.05) is 36.5 Å². The molecule has 0 atom stereocenters. The van der Waals surface area contributed by atoms with E-state index in [4.69, 9.17) is 21.3 Å². The Morgan fingerprint density at radius 2 is 1.97 bits per heavy atom. The van der Waals surface area contributed by atoms with E-state index in [0.717, 1.165) is 42.9 Å². The van der Waals surface area contributed by atoms with Gasteiger partial charge in [0.15, 0.2) is 0 Å². The van der Waals surface area contributed by atoms with Gasteiger partial charge in [-0.25, -0.2) is 14.5 Å². The first-order valence-electron chi connectivity index (χ1n) is 12.4. The number of likely N-dealkylation sites (N-methyl/N-ethyl adjacent to an activating group) is 1. The summed E-state index contributed by atoms with van der Waals surface area (Å²) in [5.41, 5.74) is 4.30. The summed E-state index contributed by atoms with van der Waals surface area (Å²) >= 11 is 6.51. The number of aromatic nitrogens is 4. The van der Waals surface area contributed by atoms with Crippen molar-refractivity contribution in [1.29, 1.82) is 0 Å². The number of nitrogens with zero attached hydrogens (tertiary/aromatic N) is 6. The number of allylic oxidation sites excluding steroid dienone is 2. The van der Waals surface area contributed by atoms with Gasteiger partial charge < -0.3 is 25.2 Å². The molecule has 4 heterocycles. The molecule has 10 nitrogen and oxygen atoms in total. The molecule has 0 spiro atoms. The van der Waals surface area contributed by atoms with Crippen LogP contribution in [0.3, 0.4) is 0 Å². The van der Waals surface area contributed by atoms with Crippen molar-refractivity contribution in [2.75, 3.05) is 55.9 Å². The Labute approximate surface area is 231 Å². The van der Waals surface area contributed by atoms with Gasteiger partial charge in [-0.2, -0.15) is 5.10 Å². The predicted octanol–water partition coefficient (Wildman–Crippen LogP) is 4.63. The zero-order valence-corrected chi connectivity index (χ0v) is 22.5. The van der Waals surface area contributed by atoms with E-state index in [1.54, 1.807) is 36.2 Å². The fourth-order valence-electron chi connectivity index (χ4n) is 4.43. The quantitative estimate of drug-likeness (QED) is 0.245. The Hall–Kier alpha value is -4.41. The zero-order valence-electron chi connectivity index (χ0n) is 21.8. The van der Waals surface area contributed by atoms with Crippen molar-refractivity contribution in [3.63, 3.8) is 0 Å². The summed E-state index contributed by atoms with van der Waals surface area (Å²) in [5.74, 6) is 0.637. The predicted molar refractivity (Wildman–Crippen MR) is 155 cm³/mol. The van der Waals surface area contributed by atoms with Crippen molar-refractivity contribution in [2.45, 2.75) is 0 Å². The fourth-order valence-corrected chi connectivity index (χ4v) is 4.62. The molecule has 11 heteroatoms. The monoisotopic (exact) mass is 544 g/mol. The topological polar surface area (TPSA) is 99.9 Å². The molecule has 0 unspecified atom stereocenters. The van der Waals surface area contributed by atoms with E-state index < -0.39 is 0 Å². The van der Waals surface area contributed by atoms with Crippen molar-refractivity contribution >= 4 is 46.0 Å². The Balaban J connectivity index is 1.52. The minimum Gasteiger partial charge on any atom is -0.494 e. The molecule has 1 aliphatic heterocycles. The van der Waals surface area contributed by atoms with E-state index >= 15 is 0 Å². The number of piperazine rings is 1. The second kappa shape index (κ2) is 11.5. The third-order valence-electron chi connectivity index (χ3n) is 6.48. The number of nitrogens with one attached hydrogen (secondary N) is 2. The highest BCUT2D eigenvalue weighted by Gasteiger charge is 2.21. The maximum Gasteiger partial charge on any atom is 0.248 e. The molecule has 1 amide bonds. The van der Waals surface area contributed by atoms with Crippen LogP contribution in [0, 0.1) is 0 Å². The summed E-state index contributed by atoms with van der Waals surface area (Å²) in [6, 6.07) is 9.53. The minimum absolute atomic E-state index is 0.264. The molecule has 1 fully saturated rings. The summed E-state index contributed by atoms with van der Waals surface area (Å²) in [6.45, 7) is 7.10. The first kappa shape index (κ1) is 26.2. The molecule has 200 valence electrons.